The molecule has 0 aliphatic heterocycles. The van der Waals surface area contributed by atoms with Gasteiger partial charge in [-0.25, -0.2) is 0 Å². The standard InChI is InChI=1S/C9H11NO5/c1-15-8-4-2-3-6(7(12)5-11)9(8)10(13)14/h2-4,7,11-12H,5H2,1H3. The lowest BCUT2D eigenvalue weighted by Gasteiger charge is -2.10. The van der Waals surface area contributed by atoms with E-state index in [1.807, 2.05) is 0 Å². The molecule has 0 spiro atoms. The molecule has 2 N–H and O–H groups in total. The second-order valence-corrected chi connectivity index (χ2v) is 2.85. The van der Waals surface area contributed by atoms with Gasteiger partial charge in [0.15, 0.2) is 5.75 Å². The van der Waals surface area contributed by atoms with E-state index in [1.54, 1.807) is 0 Å². The fraction of sp³-hybridized carbons (Fsp3) is 0.333. The highest BCUT2D eigenvalue weighted by Gasteiger charge is 2.24. The summed E-state index contributed by atoms with van der Waals surface area (Å²) in [4.78, 5) is 10.1. The lowest BCUT2D eigenvalue weighted by molar-refractivity contribution is -0.387. The SMILES string of the molecule is COc1cccc(C(O)CO)c1[N+](=O)[O-]. The number of rotatable bonds is 4. The van der Waals surface area contributed by atoms with Gasteiger partial charge in [-0.15, -0.1) is 0 Å². The van der Waals surface area contributed by atoms with Gasteiger partial charge in [-0.1, -0.05) is 6.07 Å². The van der Waals surface area contributed by atoms with Crippen molar-refractivity contribution in [2.24, 2.45) is 0 Å². The number of nitro benzene ring substituents is 1. The number of para-hydroxylation sites is 1. The molecule has 0 fully saturated rings. The molecule has 1 rings (SSSR count). The van der Waals surface area contributed by atoms with Crippen molar-refractivity contribution in [1.82, 2.24) is 0 Å². The predicted octanol–water partition coefficient (Wildman–Crippen LogP) is 0.629. The van der Waals surface area contributed by atoms with Crippen molar-refractivity contribution in [1.29, 1.82) is 0 Å². The highest BCUT2D eigenvalue weighted by Crippen LogP contribution is 2.33. The monoisotopic (exact) mass is 213 g/mol. The van der Waals surface area contributed by atoms with Crippen LogP contribution in [0.1, 0.15) is 11.7 Å². The van der Waals surface area contributed by atoms with Gasteiger partial charge in [0.25, 0.3) is 0 Å². The molecule has 0 aliphatic rings. The van der Waals surface area contributed by atoms with E-state index in [9.17, 15) is 15.2 Å². The lowest BCUT2D eigenvalue weighted by Crippen LogP contribution is -2.07. The van der Waals surface area contributed by atoms with E-state index in [0.29, 0.717) is 0 Å². The van der Waals surface area contributed by atoms with Gasteiger partial charge in [0.1, 0.15) is 6.10 Å². The maximum atomic E-state index is 10.8. The number of benzene rings is 1. The fourth-order valence-electron chi connectivity index (χ4n) is 1.27. The van der Waals surface area contributed by atoms with Gasteiger partial charge in [0.05, 0.1) is 24.2 Å². The number of hydrogen-bond acceptors (Lipinski definition) is 5. The Morgan fingerprint density at radius 2 is 2.27 bits per heavy atom. The Morgan fingerprint density at radius 3 is 2.73 bits per heavy atom. The lowest BCUT2D eigenvalue weighted by atomic mass is 10.1. The highest BCUT2D eigenvalue weighted by atomic mass is 16.6. The normalized spacial score (nSPS) is 12.2. The molecule has 0 radical (unpaired) electrons. The van der Waals surface area contributed by atoms with E-state index in [4.69, 9.17) is 9.84 Å². The van der Waals surface area contributed by atoms with Crippen LogP contribution >= 0.6 is 0 Å². The fourth-order valence-corrected chi connectivity index (χ4v) is 1.27. The van der Waals surface area contributed by atoms with Gasteiger partial charge in [-0.05, 0) is 12.1 Å². The third-order valence-electron chi connectivity index (χ3n) is 1.96. The molecule has 1 aromatic rings. The Hall–Kier alpha value is -1.66. The first-order valence-electron chi connectivity index (χ1n) is 4.22. The number of aliphatic hydroxyl groups excluding tert-OH is 2. The number of hydrogen-bond donors (Lipinski definition) is 2. The van der Waals surface area contributed by atoms with Crippen LogP contribution in [0.25, 0.3) is 0 Å². The zero-order valence-corrected chi connectivity index (χ0v) is 8.08. The highest BCUT2D eigenvalue weighted by molar-refractivity contribution is 5.53. The van der Waals surface area contributed by atoms with Gasteiger partial charge in [0, 0.05) is 0 Å². The molecule has 6 heteroatoms. The molecular weight excluding hydrogens is 202 g/mol. The Kier molecular flexibility index (Phi) is 3.59. The van der Waals surface area contributed by atoms with Crippen LogP contribution in [0.2, 0.25) is 0 Å². The molecule has 6 nitrogen and oxygen atoms in total. The van der Waals surface area contributed by atoms with Crippen LogP contribution in [-0.4, -0.2) is 28.9 Å². The van der Waals surface area contributed by atoms with Crippen molar-refractivity contribution in [2.45, 2.75) is 6.10 Å². The van der Waals surface area contributed by atoms with E-state index in [0.717, 1.165) is 0 Å². The Bertz CT molecular complexity index is 366. The van der Waals surface area contributed by atoms with Gasteiger partial charge in [0.2, 0.25) is 0 Å². The minimum absolute atomic E-state index is 0.0434. The summed E-state index contributed by atoms with van der Waals surface area (Å²) < 4.78 is 4.81. The van der Waals surface area contributed by atoms with E-state index >= 15 is 0 Å². The first-order valence-corrected chi connectivity index (χ1v) is 4.22. The Morgan fingerprint density at radius 1 is 1.60 bits per heavy atom. The van der Waals surface area contributed by atoms with Gasteiger partial charge >= 0.3 is 5.69 Å². The van der Waals surface area contributed by atoms with E-state index in [1.165, 1.54) is 25.3 Å². The summed E-state index contributed by atoms with van der Waals surface area (Å²) >= 11 is 0. The molecule has 1 atom stereocenters. The van der Waals surface area contributed by atoms with Crippen molar-refractivity contribution < 1.29 is 19.9 Å². The summed E-state index contributed by atoms with van der Waals surface area (Å²) in [5, 5.41) is 28.9. The van der Waals surface area contributed by atoms with Crippen LogP contribution in [0.3, 0.4) is 0 Å². The van der Waals surface area contributed by atoms with E-state index < -0.39 is 17.6 Å². The first kappa shape index (κ1) is 11.4. The summed E-state index contributed by atoms with van der Waals surface area (Å²) in [7, 11) is 1.30. The zero-order chi connectivity index (χ0) is 11.4. The summed E-state index contributed by atoms with van der Waals surface area (Å²) in [6.45, 7) is -0.575. The summed E-state index contributed by atoms with van der Waals surface area (Å²) in [5.74, 6) is 0.0602. The smallest absolute Gasteiger partial charge is 0.316 e. The minimum atomic E-state index is -1.28. The van der Waals surface area contributed by atoms with Gasteiger partial charge in [-0.3, -0.25) is 10.1 Å². The topological polar surface area (TPSA) is 92.8 Å². The summed E-state index contributed by atoms with van der Waals surface area (Å²) in [6, 6.07) is 4.31. The maximum Gasteiger partial charge on any atom is 0.316 e. The number of ether oxygens (including phenoxy) is 1. The number of aliphatic hydroxyl groups is 2. The van der Waals surface area contributed by atoms with E-state index in [-0.39, 0.29) is 17.0 Å². The average Bonchev–Trinajstić information content (AvgIpc) is 2.26. The Labute approximate surface area is 85.9 Å². The molecule has 0 aliphatic carbocycles. The molecule has 0 saturated carbocycles. The molecule has 0 heterocycles. The third kappa shape index (κ3) is 2.23. The summed E-state index contributed by atoms with van der Waals surface area (Å²) in [6.07, 6.45) is -1.28. The van der Waals surface area contributed by atoms with Crippen LogP contribution in [-0.2, 0) is 0 Å². The van der Waals surface area contributed by atoms with Crippen molar-refractivity contribution in [3.63, 3.8) is 0 Å². The second-order valence-electron chi connectivity index (χ2n) is 2.85. The molecule has 0 bridgehead atoms. The quantitative estimate of drug-likeness (QED) is 0.565. The number of nitro groups is 1. The molecule has 0 saturated heterocycles. The third-order valence-corrected chi connectivity index (χ3v) is 1.96. The number of methoxy groups -OCH3 is 1. The predicted molar refractivity (Wildman–Crippen MR) is 51.7 cm³/mol. The van der Waals surface area contributed by atoms with Crippen LogP contribution in [0.4, 0.5) is 5.69 Å². The van der Waals surface area contributed by atoms with Gasteiger partial charge in [-0.2, -0.15) is 0 Å². The van der Waals surface area contributed by atoms with Crippen LogP contribution < -0.4 is 4.74 Å². The average molecular weight is 213 g/mol. The van der Waals surface area contributed by atoms with Crippen molar-refractivity contribution in [2.75, 3.05) is 13.7 Å². The second kappa shape index (κ2) is 4.72. The molecule has 0 amide bonds. The van der Waals surface area contributed by atoms with Crippen molar-refractivity contribution in [3.05, 3.63) is 33.9 Å². The van der Waals surface area contributed by atoms with Crippen LogP contribution in [0.5, 0.6) is 5.75 Å². The number of nitrogens with zero attached hydrogens (tertiary/aromatic N) is 1. The maximum absolute atomic E-state index is 10.8. The van der Waals surface area contributed by atoms with E-state index in [2.05, 4.69) is 0 Å². The van der Waals surface area contributed by atoms with Gasteiger partial charge < -0.3 is 14.9 Å². The molecule has 0 aromatic heterocycles. The van der Waals surface area contributed by atoms with Crippen LogP contribution in [0, 0.1) is 10.1 Å². The van der Waals surface area contributed by atoms with Crippen molar-refractivity contribution in [3.8, 4) is 5.75 Å². The largest absolute Gasteiger partial charge is 0.490 e. The first-order chi connectivity index (χ1) is 7.11. The Balaban J connectivity index is 3.31. The zero-order valence-electron chi connectivity index (χ0n) is 8.08. The summed E-state index contributed by atoms with van der Waals surface area (Å²) in [5.41, 5.74) is -0.275. The molecule has 1 unspecified atom stereocenters. The molecule has 15 heavy (non-hydrogen) atoms. The molecule has 82 valence electrons. The van der Waals surface area contributed by atoms with Crippen LogP contribution in [0.15, 0.2) is 18.2 Å². The minimum Gasteiger partial charge on any atom is -0.490 e. The molecular formula is C9H11NO5. The molecule has 1 aromatic carbocycles. The van der Waals surface area contributed by atoms with Crippen molar-refractivity contribution >= 4 is 5.69 Å².